The molecule has 0 aromatic heterocycles. The van der Waals surface area contributed by atoms with Gasteiger partial charge in [-0.3, -0.25) is 0 Å². The van der Waals surface area contributed by atoms with Crippen molar-refractivity contribution < 1.29 is 0 Å². The van der Waals surface area contributed by atoms with E-state index in [0.29, 0.717) is 0 Å². The largest absolute Gasteiger partial charge is 0.0704 e. The summed E-state index contributed by atoms with van der Waals surface area (Å²) in [5, 5.41) is 0. The van der Waals surface area contributed by atoms with Crippen LogP contribution in [0.3, 0.4) is 0 Å². The minimum absolute atomic E-state index is 0.927. The molecule has 84 valence electrons. The normalized spacial score (nSPS) is 41.0. The Bertz CT molecular complexity index is 274. The first kappa shape index (κ1) is 9.93. The van der Waals surface area contributed by atoms with E-state index in [1.54, 1.807) is 0 Å². The van der Waals surface area contributed by atoms with Crippen molar-refractivity contribution >= 4 is 0 Å². The van der Waals surface area contributed by atoms with Crippen molar-refractivity contribution in [3.05, 3.63) is 11.1 Å². The van der Waals surface area contributed by atoms with E-state index in [-0.39, 0.29) is 0 Å². The van der Waals surface area contributed by atoms with Crippen LogP contribution < -0.4 is 0 Å². The molecule has 2 unspecified atom stereocenters. The molecule has 0 saturated heterocycles. The highest BCUT2D eigenvalue weighted by atomic mass is 14.4. The number of rotatable bonds is 0. The van der Waals surface area contributed by atoms with Gasteiger partial charge in [0, 0.05) is 0 Å². The highest BCUT2D eigenvalue weighted by Gasteiger charge is 2.34. The van der Waals surface area contributed by atoms with Crippen molar-refractivity contribution in [1.82, 2.24) is 0 Å². The third-order valence-corrected chi connectivity index (χ3v) is 5.22. The molecular formula is C15H24. The van der Waals surface area contributed by atoms with E-state index >= 15 is 0 Å². The molecule has 1 fully saturated rings. The summed E-state index contributed by atoms with van der Waals surface area (Å²) < 4.78 is 0. The highest BCUT2D eigenvalue weighted by Crippen LogP contribution is 2.48. The molecule has 0 aromatic rings. The van der Waals surface area contributed by atoms with Crippen molar-refractivity contribution in [2.24, 2.45) is 17.8 Å². The zero-order chi connectivity index (χ0) is 10.3. The van der Waals surface area contributed by atoms with Crippen LogP contribution in [0.1, 0.15) is 64.7 Å². The second-order valence-electron chi connectivity index (χ2n) is 6.13. The van der Waals surface area contributed by atoms with Gasteiger partial charge in [0.15, 0.2) is 0 Å². The molecule has 1 saturated carbocycles. The molecule has 3 aliphatic carbocycles. The Morgan fingerprint density at radius 3 is 2.40 bits per heavy atom. The van der Waals surface area contributed by atoms with Gasteiger partial charge in [-0.2, -0.15) is 0 Å². The molecular weight excluding hydrogens is 180 g/mol. The summed E-state index contributed by atoms with van der Waals surface area (Å²) in [6.07, 6.45) is 13.5. The lowest BCUT2D eigenvalue weighted by molar-refractivity contribution is 0.206. The van der Waals surface area contributed by atoms with E-state index in [2.05, 4.69) is 6.92 Å². The molecule has 3 aliphatic rings. The molecule has 0 spiro atoms. The summed E-state index contributed by atoms with van der Waals surface area (Å²) in [5.74, 6) is 3.09. The van der Waals surface area contributed by atoms with E-state index in [4.69, 9.17) is 0 Å². The molecule has 15 heavy (non-hydrogen) atoms. The van der Waals surface area contributed by atoms with E-state index in [1.807, 2.05) is 11.1 Å². The first-order valence-electron chi connectivity index (χ1n) is 7.05. The van der Waals surface area contributed by atoms with Gasteiger partial charge in [0.2, 0.25) is 0 Å². The van der Waals surface area contributed by atoms with E-state index in [0.717, 1.165) is 17.8 Å². The van der Waals surface area contributed by atoms with Crippen LogP contribution in [-0.2, 0) is 0 Å². The second kappa shape index (κ2) is 3.96. The average molecular weight is 204 g/mol. The topological polar surface area (TPSA) is 0 Å². The zero-order valence-electron chi connectivity index (χ0n) is 10.1. The van der Waals surface area contributed by atoms with Gasteiger partial charge in [-0.1, -0.05) is 30.9 Å². The van der Waals surface area contributed by atoms with Crippen molar-refractivity contribution in [3.63, 3.8) is 0 Å². The Kier molecular flexibility index (Phi) is 2.62. The van der Waals surface area contributed by atoms with Crippen molar-refractivity contribution in [3.8, 4) is 0 Å². The maximum Gasteiger partial charge on any atom is -0.0229 e. The lowest BCUT2D eigenvalue weighted by Gasteiger charge is -2.41. The van der Waals surface area contributed by atoms with E-state index < -0.39 is 0 Å². The maximum atomic E-state index is 2.47. The van der Waals surface area contributed by atoms with Crippen LogP contribution in [0.4, 0.5) is 0 Å². The van der Waals surface area contributed by atoms with Crippen LogP contribution in [0.5, 0.6) is 0 Å². The molecule has 0 aliphatic heterocycles. The summed E-state index contributed by atoms with van der Waals surface area (Å²) in [5.41, 5.74) is 3.81. The number of hydrogen-bond acceptors (Lipinski definition) is 0. The number of fused-ring (bicyclic) bond motifs is 1. The summed E-state index contributed by atoms with van der Waals surface area (Å²) in [6.45, 7) is 2.47. The van der Waals surface area contributed by atoms with Gasteiger partial charge in [-0.05, 0) is 62.7 Å². The fourth-order valence-corrected chi connectivity index (χ4v) is 4.30. The standard InChI is InChI=1S/C15H24/c1-11-5-4-8-14-9-12-6-2-3-7-13(12)10-15(11)14/h11-13H,2-10H2,1H3/t11-,12?,13?/m0/s1. The smallest absolute Gasteiger partial charge is 0.0229 e. The van der Waals surface area contributed by atoms with Crippen LogP contribution in [-0.4, -0.2) is 0 Å². The van der Waals surface area contributed by atoms with Gasteiger partial charge >= 0.3 is 0 Å². The minimum atomic E-state index is 0.927. The minimum Gasteiger partial charge on any atom is -0.0704 e. The van der Waals surface area contributed by atoms with Crippen LogP contribution in [0.15, 0.2) is 11.1 Å². The SMILES string of the molecule is C[C@H]1CCCC2=C1CC1CCCCC1C2. The molecule has 3 rings (SSSR count). The third-order valence-electron chi connectivity index (χ3n) is 5.22. The Morgan fingerprint density at radius 2 is 1.60 bits per heavy atom. The molecule has 0 radical (unpaired) electrons. The van der Waals surface area contributed by atoms with E-state index in [9.17, 15) is 0 Å². The molecule has 0 nitrogen and oxygen atoms in total. The first-order chi connectivity index (χ1) is 7.34. The van der Waals surface area contributed by atoms with Crippen LogP contribution in [0, 0.1) is 17.8 Å². The van der Waals surface area contributed by atoms with Gasteiger partial charge in [-0.25, -0.2) is 0 Å². The molecule has 0 N–H and O–H groups in total. The second-order valence-corrected chi connectivity index (χ2v) is 6.13. The van der Waals surface area contributed by atoms with Crippen molar-refractivity contribution in [1.29, 1.82) is 0 Å². The Hall–Kier alpha value is -0.260. The Balaban J connectivity index is 1.83. The lowest BCUT2D eigenvalue weighted by atomic mass is 9.64. The maximum absolute atomic E-state index is 2.47. The van der Waals surface area contributed by atoms with E-state index in [1.165, 1.54) is 57.8 Å². The molecule has 0 bridgehead atoms. The van der Waals surface area contributed by atoms with Gasteiger partial charge in [-0.15, -0.1) is 0 Å². The van der Waals surface area contributed by atoms with Crippen molar-refractivity contribution in [2.45, 2.75) is 64.7 Å². The lowest BCUT2D eigenvalue weighted by Crippen LogP contribution is -2.28. The quantitative estimate of drug-likeness (QED) is 0.502. The van der Waals surface area contributed by atoms with Crippen LogP contribution in [0.2, 0.25) is 0 Å². The third kappa shape index (κ3) is 1.77. The number of allylic oxidation sites excluding steroid dienone is 2. The van der Waals surface area contributed by atoms with Gasteiger partial charge in [0.25, 0.3) is 0 Å². The molecule has 0 aromatic carbocycles. The Labute approximate surface area is 94.1 Å². The molecule has 0 amide bonds. The first-order valence-corrected chi connectivity index (χ1v) is 7.05. The molecule has 0 heteroatoms. The summed E-state index contributed by atoms with van der Waals surface area (Å²) >= 11 is 0. The summed E-state index contributed by atoms with van der Waals surface area (Å²) in [4.78, 5) is 0. The van der Waals surface area contributed by atoms with Crippen molar-refractivity contribution in [2.75, 3.05) is 0 Å². The predicted octanol–water partition coefficient (Wildman–Crippen LogP) is 4.70. The Morgan fingerprint density at radius 1 is 0.867 bits per heavy atom. The average Bonchev–Trinajstić information content (AvgIpc) is 2.27. The number of hydrogen-bond donors (Lipinski definition) is 0. The van der Waals surface area contributed by atoms with Gasteiger partial charge in [0.1, 0.15) is 0 Å². The predicted molar refractivity (Wildman–Crippen MR) is 64.7 cm³/mol. The summed E-state index contributed by atoms with van der Waals surface area (Å²) in [6, 6.07) is 0. The van der Waals surface area contributed by atoms with Gasteiger partial charge < -0.3 is 0 Å². The van der Waals surface area contributed by atoms with Gasteiger partial charge in [0.05, 0.1) is 0 Å². The van der Waals surface area contributed by atoms with Crippen LogP contribution >= 0.6 is 0 Å². The highest BCUT2D eigenvalue weighted by molar-refractivity contribution is 5.24. The molecule has 3 atom stereocenters. The molecule has 0 heterocycles. The zero-order valence-corrected chi connectivity index (χ0v) is 10.1. The van der Waals surface area contributed by atoms with Crippen LogP contribution in [0.25, 0.3) is 0 Å². The fraction of sp³-hybridized carbons (Fsp3) is 0.867. The monoisotopic (exact) mass is 204 g/mol. The fourth-order valence-electron chi connectivity index (χ4n) is 4.30. The summed E-state index contributed by atoms with van der Waals surface area (Å²) in [7, 11) is 0.